The van der Waals surface area contributed by atoms with Crippen LogP contribution in [0.2, 0.25) is 5.02 Å². The lowest BCUT2D eigenvalue weighted by Crippen LogP contribution is -2.21. The van der Waals surface area contributed by atoms with Crippen molar-refractivity contribution in [3.05, 3.63) is 136 Å². The molecule has 4 aromatic rings. The van der Waals surface area contributed by atoms with Crippen molar-refractivity contribution in [2.75, 3.05) is 13.2 Å². The number of allylic oxidation sites excluding steroid dienone is 1. The van der Waals surface area contributed by atoms with E-state index in [9.17, 15) is 10.1 Å². The fourth-order valence-corrected chi connectivity index (χ4v) is 4.81. The van der Waals surface area contributed by atoms with Crippen LogP contribution >= 0.6 is 11.6 Å². The number of nitrogens with two attached hydrogens (primary N) is 1. The molecule has 5 rings (SSSR count). The van der Waals surface area contributed by atoms with E-state index in [0.29, 0.717) is 59.0 Å². The third kappa shape index (κ3) is 6.80. The number of carbonyl (C=O) groups is 1. The van der Waals surface area contributed by atoms with Crippen LogP contribution in [-0.2, 0) is 6.61 Å². The molecule has 0 aromatic heterocycles. The zero-order valence-corrected chi connectivity index (χ0v) is 24.7. The molecule has 0 bridgehead atoms. The second-order valence-electron chi connectivity index (χ2n) is 9.69. The van der Waals surface area contributed by atoms with E-state index in [-0.39, 0.29) is 17.2 Å². The average Bonchev–Trinajstić information content (AvgIpc) is 3.03. The molecule has 1 heterocycles. The summed E-state index contributed by atoms with van der Waals surface area (Å²) in [6.45, 7) is 6.59. The summed E-state index contributed by atoms with van der Waals surface area (Å²) in [5.74, 6) is 1.17. The largest absolute Gasteiger partial charge is 0.490 e. The number of benzene rings is 4. The fraction of sp³-hybridized carbons (Fsp3) is 0.143. The molecule has 9 heteroatoms. The van der Waals surface area contributed by atoms with Crippen LogP contribution in [0.3, 0.4) is 0 Å². The average molecular weight is 609 g/mol. The highest BCUT2D eigenvalue weighted by atomic mass is 35.5. The van der Waals surface area contributed by atoms with E-state index in [0.717, 1.165) is 11.1 Å². The first-order chi connectivity index (χ1) is 21.4. The lowest BCUT2D eigenvalue weighted by molar-refractivity contribution is 0.0734. The summed E-state index contributed by atoms with van der Waals surface area (Å²) in [4.78, 5) is 12.8. The Morgan fingerprint density at radius 3 is 2.43 bits per heavy atom. The Hall–Kier alpha value is -5.39. The fourth-order valence-electron chi connectivity index (χ4n) is 4.68. The maximum Gasteiger partial charge on any atom is 0.343 e. The summed E-state index contributed by atoms with van der Waals surface area (Å²) in [7, 11) is 0. The normalized spacial score (nSPS) is 13.6. The molecule has 1 atom stereocenters. The van der Waals surface area contributed by atoms with Crippen molar-refractivity contribution >= 4 is 17.6 Å². The van der Waals surface area contributed by atoms with Gasteiger partial charge in [0.15, 0.2) is 11.5 Å². The van der Waals surface area contributed by atoms with Crippen LogP contribution in [0, 0.1) is 11.3 Å². The van der Waals surface area contributed by atoms with Crippen LogP contribution < -0.4 is 29.4 Å². The topological polar surface area (TPSA) is 113 Å². The summed E-state index contributed by atoms with van der Waals surface area (Å²) in [5.41, 5.74) is 9.19. The second kappa shape index (κ2) is 13.7. The van der Waals surface area contributed by atoms with E-state index in [1.165, 1.54) is 0 Å². The van der Waals surface area contributed by atoms with Gasteiger partial charge in [-0.2, -0.15) is 5.26 Å². The van der Waals surface area contributed by atoms with Crippen LogP contribution in [0.4, 0.5) is 0 Å². The van der Waals surface area contributed by atoms with Gasteiger partial charge < -0.3 is 29.4 Å². The Balaban J connectivity index is 1.39. The van der Waals surface area contributed by atoms with Gasteiger partial charge in [0.25, 0.3) is 0 Å². The van der Waals surface area contributed by atoms with E-state index in [4.69, 9.17) is 41.0 Å². The third-order valence-electron chi connectivity index (χ3n) is 6.77. The van der Waals surface area contributed by atoms with Crippen molar-refractivity contribution < 1.29 is 28.5 Å². The highest BCUT2D eigenvalue weighted by Crippen LogP contribution is 2.45. The van der Waals surface area contributed by atoms with Crippen LogP contribution in [-0.4, -0.2) is 19.2 Å². The van der Waals surface area contributed by atoms with Crippen molar-refractivity contribution in [2.24, 2.45) is 5.73 Å². The van der Waals surface area contributed by atoms with Crippen molar-refractivity contribution in [3.8, 4) is 34.8 Å². The van der Waals surface area contributed by atoms with Crippen LogP contribution in [0.25, 0.3) is 0 Å². The van der Waals surface area contributed by atoms with E-state index in [1.54, 1.807) is 66.7 Å². The minimum atomic E-state index is -0.555. The lowest BCUT2D eigenvalue weighted by Gasteiger charge is -2.27. The number of esters is 1. The Bertz CT molecular complexity index is 1740. The first-order valence-electron chi connectivity index (χ1n) is 13.8. The SMILES string of the molecule is C=CCOc1ccc(C(=O)Oc2ccc3c(c2)OC(N)=C(C#N)C3c2ccc(OCc3ccc(Cl)cc3)c(OCC)c2)cc1. The monoisotopic (exact) mass is 608 g/mol. The van der Waals surface area contributed by atoms with Gasteiger partial charge in [0.2, 0.25) is 5.88 Å². The maximum absolute atomic E-state index is 12.8. The van der Waals surface area contributed by atoms with E-state index in [2.05, 4.69) is 12.6 Å². The predicted octanol–water partition coefficient (Wildman–Crippen LogP) is 7.32. The number of nitrogens with zero attached hydrogens (tertiary/aromatic N) is 1. The van der Waals surface area contributed by atoms with Crippen molar-refractivity contribution in [2.45, 2.75) is 19.4 Å². The number of halogens is 1. The minimum absolute atomic E-state index is 0.0374. The molecule has 2 N–H and O–H groups in total. The van der Waals surface area contributed by atoms with Gasteiger partial charge in [0, 0.05) is 16.7 Å². The molecule has 0 fully saturated rings. The molecule has 4 aromatic carbocycles. The molecule has 0 aliphatic carbocycles. The van der Waals surface area contributed by atoms with Crippen LogP contribution in [0.5, 0.6) is 28.7 Å². The van der Waals surface area contributed by atoms with Gasteiger partial charge >= 0.3 is 5.97 Å². The number of fused-ring (bicyclic) bond motifs is 1. The van der Waals surface area contributed by atoms with Gasteiger partial charge in [-0.1, -0.05) is 48.5 Å². The summed E-state index contributed by atoms with van der Waals surface area (Å²) in [6.07, 6.45) is 1.64. The molecule has 222 valence electrons. The number of ether oxygens (including phenoxy) is 5. The summed E-state index contributed by atoms with van der Waals surface area (Å²) >= 11 is 6.00. The maximum atomic E-state index is 12.8. The predicted molar refractivity (Wildman–Crippen MR) is 166 cm³/mol. The smallest absolute Gasteiger partial charge is 0.343 e. The zero-order chi connectivity index (χ0) is 31.1. The molecule has 0 saturated heterocycles. The number of nitriles is 1. The Morgan fingerprint density at radius 2 is 1.73 bits per heavy atom. The highest BCUT2D eigenvalue weighted by Gasteiger charge is 2.32. The Labute approximate surface area is 260 Å². The minimum Gasteiger partial charge on any atom is -0.490 e. The molecule has 44 heavy (non-hydrogen) atoms. The molecule has 1 aliphatic heterocycles. The van der Waals surface area contributed by atoms with Gasteiger partial charge in [-0.25, -0.2) is 4.79 Å². The second-order valence-corrected chi connectivity index (χ2v) is 10.1. The number of hydrogen-bond acceptors (Lipinski definition) is 8. The van der Waals surface area contributed by atoms with Gasteiger partial charge in [0.05, 0.1) is 18.1 Å². The molecule has 0 saturated carbocycles. The van der Waals surface area contributed by atoms with Crippen molar-refractivity contribution in [1.29, 1.82) is 5.26 Å². The first-order valence-corrected chi connectivity index (χ1v) is 14.2. The third-order valence-corrected chi connectivity index (χ3v) is 7.02. The standard InChI is InChI=1S/C35H29ClN2O6/c1-3-17-41-26-12-7-23(8-13-26)35(39)43-27-14-15-28-31(19-27)44-34(38)29(20-37)33(28)24-9-16-30(32(18-24)40-4-2)42-21-22-5-10-25(36)11-6-22/h3,5-16,18-19,33H,1,4,17,21,38H2,2H3. The summed E-state index contributed by atoms with van der Waals surface area (Å²) < 4.78 is 28.9. The van der Waals surface area contributed by atoms with E-state index >= 15 is 0 Å². The van der Waals surface area contributed by atoms with Crippen molar-refractivity contribution in [3.63, 3.8) is 0 Å². The summed E-state index contributed by atoms with van der Waals surface area (Å²) in [6, 6.07) is 26.7. The highest BCUT2D eigenvalue weighted by molar-refractivity contribution is 6.30. The number of rotatable bonds is 11. The van der Waals surface area contributed by atoms with Crippen LogP contribution in [0.1, 0.15) is 39.9 Å². The zero-order valence-electron chi connectivity index (χ0n) is 23.9. The summed E-state index contributed by atoms with van der Waals surface area (Å²) in [5, 5.41) is 10.7. The van der Waals surface area contributed by atoms with E-state index < -0.39 is 11.9 Å². The van der Waals surface area contributed by atoms with Crippen LogP contribution in [0.15, 0.2) is 109 Å². The number of carbonyl (C=O) groups excluding carboxylic acids is 1. The first kappa shape index (κ1) is 30.1. The molecule has 1 unspecified atom stereocenters. The quantitative estimate of drug-likeness (QED) is 0.107. The van der Waals surface area contributed by atoms with Gasteiger partial charge in [-0.3, -0.25) is 0 Å². The van der Waals surface area contributed by atoms with Gasteiger partial charge in [-0.15, -0.1) is 0 Å². The Morgan fingerprint density at radius 1 is 0.977 bits per heavy atom. The van der Waals surface area contributed by atoms with Gasteiger partial charge in [0.1, 0.15) is 42.1 Å². The van der Waals surface area contributed by atoms with Gasteiger partial charge in [-0.05, 0) is 72.6 Å². The molecular weight excluding hydrogens is 580 g/mol. The molecule has 0 amide bonds. The molecule has 0 radical (unpaired) electrons. The molecule has 1 aliphatic rings. The molecule has 0 spiro atoms. The van der Waals surface area contributed by atoms with E-state index in [1.807, 2.05) is 31.2 Å². The lowest BCUT2D eigenvalue weighted by atomic mass is 9.83. The Kier molecular flexibility index (Phi) is 9.38. The molecule has 8 nitrogen and oxygen atoms in total. The van der Waals surface area contributed by atoms with Crippen molar-refractivity contribution in [1.82, 2.24) is 0 Å². The molecular formula is C35H29ClN2O6. The number of hydrogen-bond donors (Lipinski definition) is 1.